The number of hydrogen-bond acceptors (Lipinski definition) is 3. The van der Waals surface area contributed by atoms with E-state index in [-0.39, 0.29) is 5.92 Å². The van der Waals surface area contributed by atoms with Gasteiger partial charge >= 0.3 is 0 Å². The maximum absolute atomic E-state index is 12.3. The summed E-state index contributed by atoms with van der Waals surface area (Å²) in [5.74, 6) is 1.38. The number of rotatable bonds is 5. The van der Waals surface area contributed by atoms with Crippen LogP contribution in [0.4, 0.5) is 0 Å². The molecular weight excluding hydrogens is 274 g/mol. The molecule has 0 N–H and O–H groups in total. The van der Waals surface area contributed by atoms with Gasteiger partial charge in [0.25, 0.3) is 0 Å². The average Bonchev–Trinajstić information content (AvgIpc) is 2.56. The summed E-state index contributed by atoms with van der Waals surface area (Å²) in [6.07, 6.45) is 3.63. The highest BCUT2D eigenvalue weighted by molar-refractivity contribution is 5.78. The number of likely N-dealkylation sites (tertiary alicyclic amines) is 1. The minimum Gasteiger partial charge on any atom is -0.340 e. The maximum Gasteiger partial charge on any atom is 0.225 e. The van der Waals surface area contributed by atoms with Crippen molar-refractivity contribution in [3.8, 4) is 0 Å². The molecule has 0 aromatic carbocycles. The van der Waals surface area contributed by atoms with Gasteiger partial charge in [0.05, 0.1) is 0 Å². The molecule has 2 aliphatic heterocycles. The van der Waals surface area contributed by atoms with Crippen LogP contribution in [0.3, 0.4) is 0 Å². The molecule has 2 atom stereocenters. The van der Waals surface area contributed by atoms with Gasteiger partial charge in [-0.15, -0.1) is 0 Å². The summed E-state index contributed by atoms with van der Waals surface area (Å²) in [6.45, 7) is 16.5. The normalized spacial score (nSPS) is 27.1. The van der Waals surface area contributed by atoms with Crippen LogP contribution in [0.25, 0.3) is 0 Å². The quantitative estimate of drug-likeness (QED) is 0.780. The fourth-order valence-electron chi connectivity index (χ4n) is 3.77. The summed E-state index contributed by atoms with van der Waals surface area (Å²) in [5, 5.41) is 0. The minimum atomic E-state index is 0.178. The van der Waals surface area contributed by atoms with E-state index >= 15 is 0 Å². The van der Waals surface area contributed by atoms with Crippen LogP contribution in [-0.4, -0.2) is 72.5 Å². The van der Waals surface area contributed by atoms with Crippen LogP contribution in [0, 0.1) is 11.8 Å². The molecule has 0 saturated carbocycles. The molecule has 128 valence electrons. The van der Waals surface area contributed by atoms with Gasteiger partial charge in [0.2, 0.25) is 5.91 Å². The van der Waals surface area contributed by atoms with Crippen LogP contribution >= 0.6 is 0 Å². The molecule has 0 aromatic heterocycles. The van der Waals surface area contributed by atoms with E-state index in [0.29, 0.717) is 11.9 Å². The van der Waals surface area contributed by atoms with Gasteiger partial charge < -0.3 is 9.80 Å². The fourth-order valence-corrected chi connectivity index (χ4v) is 3.77. The Morgan fingerprint density at radius 3 is 2.36 bits per heavy atom. The SMILES string of the molecule is CCC(C)C(=O)N1CCN(CC2CCN(CC)CC2)[C@@H](C)C1. The van der Waals surface area contributed by atoms with E-state index in [4.69, 9.17) is 0 Å². The summed E-state index contributed by atoms with van der Waals surface area (Å²) in [6, 6.07) is 0.506. The average molecular weight is 309 g/mol. The lowest BCUT2D eigenvalue weighted by Crippen LogP contribution is -2.55. The highest BCUT2D eigenvalue weighted by Gasteiger charge is 2.30. The largest absolute Gasteiger partial charge is 0.340 e. The lowest BCUT2D eigenvalue weighted by Gasteiger charge is -2.43. The molecular formula is C18H35N3O. The first-order valence-electron chi connectivity index (χ1n) is 9.30. The Balaban J connectivity index is 1.78. The van der Waals surface area contributed by atoms with Gasteiger partial charge in [-0.25, -0.2) is 0 Å². The highest BCUT2D eigenvalue weighted by Crippen LogP contribution is 2.21. The minimum absolute atomic E-state index is 0.178. The molecule has 2 heterocycles. The van der Waals surface area contributed by atoms with Gasteiger partial charge in [-0.05, 0) is 51.7 Å². The predicted octanol–water partition coefficient (Wildman–Crippen LogP) is 2.30. The van der Waals surface area contributed by atoms with Gasteiger partial charge in [-0.2, -0.15) is 0 Å². The Hall–Kier alpha value is -0.610. The second-order valence-corrected chi connectivity index (χ2v) is 7.32. The Bertz CT molecular complexity index is 352. The van der Waals surface area contributed by atoms with Crippen molar-refractivity contribution < 1.29 is 4.79 Å². The highest BCUT2D eigenvalue weighted by atomic mass is 16.2. The van der Waals surface area contributed by atoms with Gasteiger partial charge in [-0.1, -0.05) is 20.8 Å². The van der Waals surface area contributed by atoms with Crippen molar-refractivity contribution in [2.24, 2.45) is 11.8 Å². The molecule has 0 aliphatic carbocycles. The summed E-state index contributed by atoms with van der Waals surface area (Å²) in [7, 11) is 0. The molecule has 4 heteroatoms. The van der Waals surface area contributed by atoms with E-state index < -0.39 is 0 Å². The molecule has 0 spiro atoms. The summed E-state index contributed by atoms with van der Waals surface area (Å²) >= 11 is 0. The summed E-state index contributed by atoms with van der Waals surface area (Å²) in [5.41, 5.74) is 0. The van der Waals surface area contributed by atoms with Crippen molar-refractivity contribution in [3.05, 3.63) is 0 Å². The molecule has 0 aromatic rings. The van der Waals surface area contributed by atoms with Crippen molar-refractivity contribution in [2.45, 2.75) is 53.0 Å². The van der Waals surface area contributed by atoms with E-state index in [2.05, 4.69) is 42.4 Å². The van der Waals surface area contributed by atoms with E-state index in [9.17, 15) is 4.79 Å². The number of hydrogen-bond donors (Lipinski definition) is 0. The zero-order valence-electron chi connectivity index (χ0n) is 15.1. The van der Waals surface area contributed by atoms with Crippen molar-refractivity contribution in [1.82, 2.24) is 14.7 Å². The monoisotopic (exact) mass is 309 g/mol. The second kappa shape index (κ2) is 8.30. The van der Waals surface area contributed by atoms with Gasteiger partial charge in [0, 0.05) is 38.1 Å². The van der Waals surface area contributed by atoms with Crippen molar-refractivity contribution in [2.75, 3.05) is 45.8 Å². The number of piperidine rings is 1. The molecule has 2 rings (SSSR count). The molecule has 22 heavy (non-hydrogen) atoms. The van der Waals surface area contributed by atoms with Gasteiger partial charge in [0.15, 0.2) is 0 Å². The first kappa shape index (κ1) is 17.7. The van der Waals surface area contributed by atoms with E-state index in [1.165, 1.54) is 39.0 Å². The first-order valence-corrected chi connectivity index (χ1v) is 9.30. The number of amides is 1. The Morgan fingerprint density at radius 1 is 1.14 bits per heavy atom. The zero-order valence-corrected chi connectivity index (χ0v) is 15.1. The van der Waals surface area contributed by atoms with E-state index in [0.717, 1.165) is 32.0 Å². The lowest BCUT2D eigenvalue weighted by molar-refractivity contribution is -0.138. The Morgan fingerprint density at radius 2 is 1.82 bits per heavy atom. The van der Waals surface area contributed by atoms with E-state index in [1.54, 1.807) is 0 Å². The molecule has 2 saturated heterocycles. The third-order valence-electron chi connectivity index (χ3n) is 5.76. The summed E-state index contributed by atoms with van der Waals surface area (Å²) in [4.78, 5) is 19.6. The first-order chi connectivity index (χ1) is 10.5. The summed E-state index contributed by atoms with van der Waals surface area (Å²) < 4.78 is 0. The van der Waals surface area contributed by atoms with Gasteiger partial charge in [0.1, 0.15) is 0 Å². The van der Waals surface area contributed by atoms with Gasteiger partial charge in [-0.3, -0.25) is 9.69 Å². The van der Waals surface area contributed by atoms with Crippen molar-refractivity contribution in [1.29, 1.82) is 0 Å². The number of carbonyl (C=O) groups excluding carboxylic acids is 1. The number of carbonyl (C=O) groups is 1. The maximum atomic E-state index is 12.3. The van der Waals surface area contributed by atoms with Crippen molar-refractivity contribution in [3.63, 3.8) is 0 Å². The van der Waals surface area contributed by atoms with Crippen molar-refractivity contribution >= 4 is 5.91 Å². The predicted molar refractivity (Wildman–Crippen MR) is 91.9 cm³/mol. The van der Waals surface area contributed by atoms with Crippen LogP contribution in [0.2, 0.25) is 0 Å². The van der Waals surface area contributed by atoms with Crippen LogP contribution in [0.1, 0.15) is 47.0 Å². The molecule has 1 amide bonds. The van der Waals surface area contributed by atoms with Crippen LogP contribution < -0.4 is 0 Å². The molecule has 0 bridgehead atoms. The third-order valence-corrected chi connectivity index (χ3v) is 5.76. The molecule has 2 aliphatic rings. The van der Waals surface area contributed by atoms with Crippen LogP contribution in [-0.2, 0) is 4.79 Å². The fraction of sp³-hybridized carbons (Fsp3) is 0.944. The lowest BCUT2D eigenvalue weighted by atomic mass is 9.95. The third kappa shape index (κ3) is 4.45. The molecule has 0 radical (unpaired) electrons. The standard InChI is InChI=1S/C18H35N3O/c1-5-15(3)18(22)21-12-11-20(16(4)13-21)14-17-7-9-19(6-2)10-8-17/h15-17H,5-14H2,1-4H3/t15?,16-/m0/s1. The smallest absolute Gasteiger partial charge is 0.225 e. The molecule has 2 fully saturated rings. The van der Waals surface area contributed by atoms with Crippen LogP contribution in [0.15, 0.2) is 0 Å². The molecule has 4 nitrogen and oxygen atoms in total. The topological polar surface area (TPSA) is 26.8 Å². The number of nitrogens with zero attached hydrogens (tertiary/aromatic N) is 3. The Kier molecular flexibility index (Phi) is 6.69. The zero-order chi connectivity index (χ0) is 16.1. The molecule has 1 unspecified atom stereocenters. The second-order valence-electron chi connectivity index (χ2n) is 7.32. The van der Waals surface area contributed by atoms with Crippen LogP contribution in [0.5, 0.6) is 0 Å². The van der Waals surface area contributed by atoms with E-state index in [1.807, 2.05) is 0 Å². The Labute approximate surface area is 136 Å². The number of piperazine rings is 1.